The second-order valence-electron chi connectivity index (χ2n) is 6.41. The number of carbonyl (C=O) groups excluding carboxylic acids is 1. The summed E-state index contributed by atoms with van der Waals surface area (Å²) in [5, 5.41) is 3.49. The Balaban J connectivity index is 1.80. The van der Waals surface area contributed by atoms with Gasteiger partial charge in [0.15, 0.2) is 5.13 Å². The molecule has 1 N–H and O–H groups in total. The van der Waals surface area contributed by atoms with Gasteiger partial charge in [0.2, 0.25) is 0 Å². The Morgan fingerprint density at radius 1 is 1.13 bits per heavy atom. The maximum atomic E-state index is 12.4. The molecule has 2 aromatic carbocycles. The molecule has 1 heterocycles. The van der Waals surface area contributed by atoms with E-state index in [9.17, 15) is 4.79 Å². The lowest BCUT2D eigenvalue weighted by Gasteiger charge is -2.18. The van der Waals surface area contributed by atoms with Crippen LogP contribution in [0.3, 0.4) is 0 Å². The molecule has 0 saturated heterocycles. The van der Waals surface area contributed by atoms with E-state index in [0.717, 1.165) is 14.7 Å². The van der Waals surface area contributed by atoms with Crippen LogP contribution in [0.15, 0.2) is 46.9 Å². The molecule has 1 aromatic heterocycles. The Hall–Kier alpha value is -1.72. The van der Waals surface area contributed by atoms with Crippen molar-refractivity contribution in [1.29, 1.82) is 0 Å². The maximum absolute atomic E-state index is 12.4. The number of nitrogens with one attached hydrogen (secondary N) is 1. The molecule has 0 bridgehead atoms. The molecule has 0 saturated carbocycles. The molecule has 1 amide bonds. The lowest BCUT2D eigenvalue weighted by molar-refractivity contribution is 0.102. The minimum Gasteiger partial charge on any atom is -0.298 e. The van der Waals surface area contributed by atoms with Crippen LogP contribution in [-0.4, -0.2) is 10.9 Å². The molecule has 0 aliphatic carbocycles. The lowest BCUT2D eigenvalue weighted by Crippen LogP contribution is -2.14. The highest BCUT2D eigenvalue weighted by Gasteiger charge is 2.15. The van der Waals surface area contributed by atoms with Crippen LogP contribution in [0.25, 0.3) is 10.2 Å². The van der Waals surface area contributed by atoms with Gasteiger partial charge in [-0.2, -0.15) is 0 Å². The van der Waals surface area contributed by atoms with E-state index in [0.29, 0.717) is 10.7 Å². The lowest BCUT2D eigenvalue weighted by atomic mass is 9.87. The van der Waals surface area contributed by atoms with Crippen LogP contribution in [0.5, 0.6) is 0 Å². The molecule has 0 aliphatic heterocycles. The predicted molar refractivity (Wildman–Crippen MR) is 100 cm³/mol. The number of hydrogen-bond acceptors (Lipinski definition) is 3. The third-order valence-electron chi connectivity index (χ3n) is 3.58. The van der Waals surface area contributed by atoms with Gasteiger partial charge in [-0.05, 0) is 41.3 Å². The summed E-state index contributed by atoms with van der Waals surface area (Å²) in [4.78, 5) is 16.8. The smallest absolute Gasteiger partial charge is 0.257 e. The molecule has 0 atom stereocenters. The van der Waals surface area contributed by atoms with E-state index in [1.165, 1.54) is 16.9 Å². The summed E-state index contributed by atoms with van der Waals surface area (Å²) in [7, 11) is 0. The molecule has 3 rings (SSSR count). The fourth-order valence-corrected chi connectivity index (χ4v) is 3.66. The van der Waals surface area contributed by atoms with Crippen molar-refractivity contribution in [2.24, 2.45) is 0 Å². The SMILES string of the molecule is CC(C)(C)c1ccc(C(=O)Nc2nc3ccc(Br)cc3s2)cc1. The fourth-order valence-electron chi connectivity index (χ4n) is 2.24. The fraction of sp³-hybridized carbons (Fsp3) is 0.222. The van der Waals surface area contributed by atoms with Crippen LogP contribution in [0.1, 0.15) is 36.7 Å². The van der Waals surface area contributed by atoms with E-state index in [1.54, 1.807) is 0 Å². The molecule has 3 nitrogen and oxygen atoms in total. The third kappa shape index (κ3) is 3.62. The Bertz CT molecular complexity index is 863. The number of carbonyl (C=O) groups is 1. The summed E-state index contributed by atoms with van der Waals surface area (Å²) in [5.74, 6) is -0.136. The number of benzene rings is 2. The van der Waals surface area contributed by atoms with E-state index in [4.69, 9.17) is 0 Å². The molecular formula is C18H17BrN2OS. The van der Waals surface area contributed by atoms with E-state index < -0.39 is 0 Å². The first-order valence-corrected chi connectivity index (χ1v) is 8.92. The molecule has 23 heavy (non-hydrogen) atoms. The molecule has 0 unspecified atom stereocenters. The summed E-state index contributed by atoms with van der Waals surface area (Å²) in [6.45, 7) is 6.46. The van der Waals surface area contributed by atoms with E-state index in [1.807, 2.05) is 42.5 Å². The molecule has 0 spiro atoms. The summed E-state index contributed by atoms with van der Waals surface area (Å²) >= 11 is 4.91. The highest BCUT2D eigenvalue weighted by atomic mass is 79.9. The van der Waals surface area contributed by atoms with Crippen molar-refractivity contribution in [2.75, 3.05) is 5.32 Å². The van der Waals surface area contributed by atoms with Gasteiger partial charge >= 0.3 is 0 Å². The summed E-state index contributed by atoms with van der Waals surface area (Å²) in [5.41, 5.74) is 2.81. The normalized spacial score (nSPS) is 11.7. The zero-order chi connectivity index (χ0) is 16.6. The molecule has 118 valence electrons. The Kier molecular flexibility index (Phi) is 4.25. The second kappa shape index (κ2) is 6.06. The van der Waals surface area contributed by atoms with Crippen molar-refractivity contribution >= 4 is 48.5 Å². The molecule has 0 fully saturated rings. The number of hydrogen-bond donors (Lipinski definition) is 1. The Morgan fingerprint density at radius 2 is 1.83 bits per heavy atom. The van der Waals surface area contributed by atoms with Crippen LogP contribution < -0.4 is 5.32 Å². The van der Waals surface area contributed by atoms with Gasteiger partial charge in [0.1, 0.15) is 0 Å². The molecule has 3 aromatic rings. The number of fused-ring (bicyclic) bond motifs is 1. The maximum Gasteiger partial charge on any atom is 0.257 e. The van der Waals surface area contributed by atoms with Crippen LogP contribution in [-0.2, 0) is 5.41 Å². The van der Waals surface area contributed by atoms with E-state index in [2.05, 4.69) is 47.0 Å². The van der Waals surface area contributed by atoms with Gasteiger partial charge in [0.25, 0.3) is 5.91 Å². The standard InChI is InChI=1S/C18H17BrN2OS/c1-18(2,3)12-6-4-11(5-7-12)16(22)21-17-20-14-9-8-13(19)10-15(14)23-17/h4-10H,1-3H3,(H,20,21,22). The molecule has 0 aliphatic rings. The number of thiazole rings is 1. The van der Waals surface area contributed by atoms with Gasteiger partial charge in [-0.1, -0.05) is 60.2 Å². The summed E-state index contributed by atoms with van der Waals surface area (Å²) in [6.07, 6.45) is 0. The van der Waals surface area contributed by atoms with Crippen molar-refractivity contribution in [2.45, 2.75) is 26.2 Å². The van der Waals surface area contributed by atoms with Crippen molar-refractivity contribution in [3.63, 3.8) is 0 Å². The topological polar surface area (TPSA) is 42.0 Å². The first-order chi connectivity index (χ1) is 10.8. The van der Waals surface area contributed by atoms with Gasteiger partial charge < -0.3 is 0 Å². The highest BCUT2D eigenvalue weighted by molar-refractivity contribution is 9.10. The molecular weight excluding hydrogens is 372 g/mol. The minimum absolute atomic E-state index is 0.0788. The Morgan fingerprint density at radius 3 is 2.48 bits per heavy atom. The van der Waals surface area contributed by atoms with Crippen molar-refractivity contribution in [1.82, 2.24) is 4.98 Å². The van der Waals surface area contributed by atoms with E-state index >= 15 is 0 Å². The van der Waals surface area contributed by atoms with Crippen LogP contribution in [0.2, 0.25) is 0 Å². The first kappa shape index (κ1) is 16.1. The zero-order valence-electron chi connectivity index (χ0n) is 13.2. The van der Waals surface area contributed by atoms with Gasteiger partial charge in [0.05, 0.1) is 10.2 Å². The van der Waals surface area contributed by atoms with Crippen LogP contribution >= 0.6 is 27.3 Å². The predicted octanol–water partition coefficient (Wildman–Crippen LogP) is 5.61. The highest BCUT2D eigenvalue weighted by Crippen LogP contribution is 2.29. The molecule has 0 radical (unpaired) electrons. The van der Waals surface area contributed by atoms with Gasteiger partial charge in [-0.25, -0.2) is 4.98 Å². The number of aromatic nitrogens is 1. The molecule has 5 heteroatoms. The van der Waals surface area contributed by atoms with Gasteiger partial charge in [-0.3, -0.25) is 10.1 Å². The average Bonchev–Trinajstić information content (AvgIpc) is 2.87. The third-order valence-corrected chi connectivity index (χ3v) is 5.01. The van der Waals surface area contributed by atoms with E-state index in [-0.39, 0.29) is 11.3 Å². The number of rotatable bonds is 2. The monoisotopic (exact) mass is 388 g/mol. The first-order valence-electron chi connectivity index (χ1n) is 7.31. The quantitative estimate of drug-likeness (QED) is 0.619. The summed E-state index contributed by atoms with van der Waals surface area (Å²) < 4.78 is 2.04. The number of anilines is 1. The van der Waals surface area contributed by atoms with Crippen molar-refractivity contribution in [3.8, 4) is 0 Å². The van der Waals surface area contributed by atoms with Gasteiger partial charge in [-0.15, -0.1) is 0 Å². The number of nitrogens with zero attached hydrogens (tertiary/aromatic N) is 1. The van der Waals surface area contributed by atoms with Gasteiger partial charge in [0, 0.05) is 10.0 Å². The number of halogens is 1. The zero-order valence-corrected chi connectivity index (χ0v) is 15.6. The van der Waals surface area contributed by atoms with Crippen LogP contribution in [0, 0.1) is 0 Å². The van der Waals surface area contributed by atoms with Crippen molar-refractivity contribution < 1.29 is 4.79 Å². The van der Waals surface area contributed by atoms with Crippen LogP contribution in [0.4, 0.5) is 5.13 Å². The largest absolute Gasteiger partial charge is 0.298 e. The Labute approximate surface area is 147 Å². The second-order valence-corrected chi connectivity index (χ2v) is 8.36. The van der Waals surface area contributed by atoms with Crippen molar-refractivity contribution in [3.05, 3.63) is 58.1 Å². The summed E-state index contributed by atoms with van der Waals surface area (Å²) in [6, 6.07) is 13.6. The average molecular weight is 389 g/mol. The minimum atomic E-state index is -0.136. The number of amides is 1.